The molecule has 1 aromatic rings. The Labute approximate surface area is 110 Å². The summed E-state index contributed by atoms with van der Waals surface area (Å²) < 4.78 is 1.97. The maximum absolute atomic E-state index is 4.10. The number of aryl methyl sites for hydroxylation is 1. The minimum atomic E-state index is 0.556. The monoisotopic (exact) mass is 251 g/mol. The van der Waals surface area contributed by atoms with Crippen molar-refractivity contribution < 1.29 is 0 Å². The molecule has 0 amide bonds. The SMILES string of the molecule is CCN1CCC(C(C)NCc2nncn2C)CC1. The Balaban J connectivity index is 1.75. The fourth-order valence-corrected chi connectivity index (χ4v) is 2.66. The predicted molar refractivity (Wildman–Crippen MR) is 72.1 cm³/mol. The van der Waals surface area contributed by atoms with Crippen molar-refractivity contribution in [2.45, 2.75) is 39.3 Å². The molecule has 0 saturated carbocycles. The van der Waals surface area contributed by atoms with Crippen molar-refractivity contribution in [3.63, 3.8) is 0 Å². The van der Waals surface area contributed by atoms with Crippen molar-refractivity contribution in [3.8, 4) is 0 Å². The molecular weight excluding hydrogens is 226 g/mol. The molecule has 0 radical (unpaired) electrons. The lowest BCUT2D eigenvalue weighted by molar-refractivity contribution is 0.168. The van der Waals surface area contributed by atoms with E-state index in [4.69, 9.17) is 0 Å². The summed E-state index contributed by atoms with van der Waals surface area (Å²) in [5, 5.41) is 11.6. The Morgan fingerprint density at radius 3 is 2.72 bits per heavy atom. The molecule has 1 aliphatic rings. The zero-order valence-electron chi connectivity index (χ0n) is 11.8. The Morgan fingerprint density at radius 2 is 2.17 bits per heavy atom. The normalized spacial score (nSPS) is 20.2. The fraction of sp³-hybridized carbons (Fsp3) is 0.846. The molecule has 18 heavy (non-hydrogen) atoms. The van der Waals surface area contributed by atoms with Crippen LogP contribution in [0.4, 0.5) is 0 Å². The lowest BCUT2D eigenvalue weighted by Gasteiger charge is -2.34. The first-order chi connectivity index (χ1) is 8.70. The van der Waals surface area contributed by atoms with Crippen LogP contribution in [0.3, 0.4) is 0 Å². The van der Waals surface area contributed by atoms with Gasteiger partial charge in [0.1, 0.15) is 12.2 Å². The Hall–Kier alpha value is -0.940. The number of aromatic nitrogens is 3. The van der Waals surface area contributed by atoms with Gasteiger partial charge in [-0.25, -0.2) is 0 Å². The van der Waals surface area contributed by atoms with E-state index in [9.17, 15) is 0 Å². The molecule has 1 N–H and O–H groups in total. The van der Waals surface area contributed by atoms with Crippen LogP contribution in [0.2, 0.25) is 0 Å². The van der Waals surface area contributed by atoms with Crippen LogP contribution in [0.1, 0.15) is 32.5 Å². The third kappa shape index (κ3) is 3.29. The first kappa shape index (κ1) is 13.5. The molecule has 5 heteroatoms. The van der Waals surface area contributed by atoms with Gasteiger partial charge in [0.05, 0.1) is 6.54 Å². The topological polar surface area (TPSA) is 46.0 Å². The molecule has 2 rings (SSSR count). The van der Waals surface area contributed by atoms with E-state index in [2.05, 4.69) is 34.3 Å². The van der Waals surface area contributed by atoms with E-state index in [1.165, 1.54) is 32.5 Å². The Bertz CT molecular complexity index is 354. The van der Waals surface area contributed by atoms with Crippen LogP contribution in [-0.4, -0.2) is 45.3 Å². The summed E-state index contributed by atoms with van der Waals surface area (Å²) in [7, 11) is 1.99. The third-order valence-corrected chi connectivity index (χ3v) is 4.17. The van der Waals surface area contributed by atoms with Crippen LogP contribution in [0.15, 0.2) is 6.33 Å². The van der Waals surface area contributed by atoms with Gasteiger partial charge < -0.3 is 14.8 Å². The van der Waals surface area contributed by atoms with E-state index in [1.54, 1.807) is 6.33 Å². The highest BCUT2D eigenvalue weighted by atomic mass is 15.3. The summed E-state index contributed by atoms with van der Waals surface area (Å²) in [6.45, 7) is 9.03. The quantitative estimate of drug-likeness (QED) is 0.849. The van der Waals surface area contributed by atoms with Crippen molar-refractivity contribution in [1.29, 1.82) is 0 Å². The smallest absolute Gasteiger partial charge is 0.146 e. The van der Waals surface area contributed by atoms with E-state index in [0.717, 1.165) is 18.3 Å². The van der Waals surface area contributed by atoms with Gasteiger partial charge >= 0.3 is 0 Å². The number of nitrogens with one attached hydrogen (secondary N) is 1. The first-order valence-corrected chi connectivity index (χ1v) is 6.99. The van der Waals surface area contributed by atoms with Crippen molar-refractivity contribution in [2.24, 2.45) is 13.0 Å². The summed E-state index contributed by atoms with van der Waals surface area (Å²) in [6.07, 6.45) is 4.36. The molecule has 0 aromatic carbocycles. The van der Waals surface area contributed by atoms with Gasteiger partial charge in [-0.15, -0.1) is 10.2 Å². The van der Waals surface area contributed by atoms with Crippen LogP contribution < -0.4 is 5.32 Å². The van der Waals surface area contributed by atoms with Crippen LogP contribution >= 0.6 is 0 Å². The highest BCUT2D eigenvalue weighted by Gasteiger charge is 2.22. The van der Waals surface area contributed by atoms with Gasteiger partial charge in [-0.05, 0) is 45.3 Å². The van der Waals surface area contributed by atoms with Gasteiger partial charge in [-0.2, -0.15) is 0 Å². The number of hydrogen-bond donors (Lipinski definition) is 1. The molecule has 0 bridgehead atoms. The lowest BCUT2D eigenvalue weighted by atomic mass is 9.90. The molecule has 1 atom stereocenters. The largest absolute Gasteiger partial charge is 0.320 e. The van der Waals surface area contributed by atoms with E-state index in [-0.39, 0.29) is 0 Å². The molecule has 0 aliphatic carbocycles. The van der Waals surface area contributed by atoms with E-state index >= 15 is 0 Å². The molecular formula is C13H25N5. The zero-order chi connectivity index (χ0) is 13.0. The molecule has 1 unspecified atom stereocenters. The number of piperidine rings is 1. The second kappa shape index (κ2) is 6.29. The number of nitrogens with zero attached hydrogens (tertiary/aromatic N) is 4. The summed E-state index contributed by atoms with van der Waals surface area (Å²) in [4.78, 5) is 2.53. The summed E-state index contributed by atoms with van der Waals surface area (Å²) in [5.74, 6) is 1.80. The van der Waals surface area contributed by atoms with E-state index in [0.29, 0.717) is 6.04 Å². The average molecular weight is 251 g/mol. The van der Waals surface area contributed by atoms with Crippen molar-refractivity contribution in [3.05, 3.63) is 12.2 Å². The summed E-state index contributed by atoms with van der Waals surface area (Å²) in [6, 6.07) is 0.556. The predicted octanol–water partition coefficient (Wildman–Crippen LogP) is 1.03. The van der Waals surface area contributed by atoms with Crippen molar-refractivity contribution in [2.75, 3.05) is 19.6 Å². The van der Waals surface area contributed by atoms with Gasteiger partial charge in [0.15, 0.2) is 0 Å². The molecule has 1 fully saturated rings. The second-order valence-corrected chi connectivity index (χ2v) is 5.30. The van der Waals surface area contributed by atoms with Crippen LogP contribution in [0.25, 0.3) is 0 Å². The van der Waals surface area contributed by atoms with Crippen LogP contribution in [0.5, 0.6) is 0 Å². The van der Waals surface area contributed by atoms with Gasteiger partial charge in [-0.3, -0.25) is 0 Å². The lowest BCUT2D eigenvalue weighted by Crippen LogP contribution is -2.41. The molecule has 5 nitrogen and oxygen atoms in total. The van der Waals surface area contributed by atoms with Crippen molar-refractivity contribution in [1.82, 2.24) is 25.0 Å². The van der Waals surface area contributed by atoms with Gasteiger partial charge in [0, 0.05) is 13.1 Å². The highest BCUT2D eigenvalue weighted by Crippen LogP contribution is 2.20. The number of likely N-dealkylation sites (tertiary alicyclic amines) is 1. The fourth-order valence-electron chi connectivity index (χ4n) is 2.66. The maximum atomic E-state index is 4.10. The minimum absolute atomic E-state index is 0.556. The summed E-state index contributed by atoms with van der Waals surface area (Å²) >= 11 is 0. The molecule has 102 valence electrons. The third-order valence-electron chi connectivity index (χ3n) is 4.17. The van der Waals surface area contributed by atoms with E-state index < -0.39 is 0 Å². The average Bonchev–Trinajstić information content (AvgIpc) is 2.81. The molecule has 1 aliphatic heterocycles. The zero-order valence-corrected chi connectivity index (χ0v) is 11.8. The Kier molecular flexibility index (Phi) is 4.72. The molecule has 1 aromatic heterocycles. The Morgan fingerprint density at radius 1 is 1.44 bits per heavy atom. The molecule has 1 saturated heterocycles. The molecule has 0 spiro atoms. The second-order valence-electron chi connectivity index (χ2n) is 5.30. The number of hydrogen-bond acceptors (Lipinski definition) is 4. The van der Waals surface area contributed by atoms with Crippen LogP contribution in [-0.2, 0) is 13.6 Å². The van der Waals surface area contributed by atoms with Crippen LogP contribution in [0, 0.1) is 5.92 Å². The summed E-state index contributed by atoms with van der Waals surface area (Å²) in [5.41, 5.74) is 0. The number of rotatable bonds is 5. The van der Waals surface area contributed by atoms with E-state index in [1.807, 2.05) is 11.6 Å². The van der Waals surface area contributed by atoms with Crippen molar-refractivity contribution >= 4 is 0 Å². The van der Waals surface area contributed by atoms with Gasteiger partial charge in [-0.1, -0.05) is 6.92 Å². The minimum Gasteiger partial charge on any atom is -0.320 e. The standard InChI is InChI=1S/C13H25N5/c1-4-18-7-5-12(6-8-18)11(2)14-9-13-16-15-10-17(13)3/h10-12,14H,4-9H2,1-3H3. The maximum Gasteiger partial charge on any atom is 0.146 e. The first-order valence-electron chi connectivity index (χ1n) is 6.99. The van der Waals surface area contributed by atoms with Gasteiger partial charge in [0.25, 0.3) is 0 Å². The van der Waals surface area contributed by atoms with Gasteiger partial charge in [0.2, 0.25) is 0 Å². The molecule has 2 heterocycles. The highest BCUT2D eigenvalue weighted by molar-refractivity contribution is 4.86.